The highest BCUT2D eigenvalue weighted by atomic mass is 16.4. The van der Waals surface area contributed by atoms with Gasteiger partial charge in [0, 0.05) is 19.7 Å². The van der Waals surface area contributed by atoms with Gasteiger partial charge >= 0.3 is 5.97 Å². The minimum atomic E-state index is -1.09. The van der Waals surface area contributed by atoms with Crippen molar-refractivity contribution in [1.82, 2.24) is 9.78 Å². The average Bonchev–Trinajstić information content (AvgIpc) is 2.60. The van der Waals surface area contributed by atoms with E-state index >= 15 is 0 Å². The van der Waals surface area contributed by atoms with Crippen LogP contribution in [0, 0.1) is 0 Å². The summed E-state index contributed by atoms with van der Waals surface area (Å²) in [5.41, 5.74) is 5.61. The number of nitrogens with two attached hydrogens (primary N) is 1. The lowest BCUT2D eigenvalue weighted by Crippen LogP contribution is -2.30. The molecular formula is C9H13N3O3. The van der Waals surface area contributed by atoms with Gasteiger partial charge in [0.1, 0.15) is 11.7 Å². The fourth-order valence-electron chi connectivity index (χ4n) is 1.10. The summed E-state index contributed by atoms with van der Waals surface area (Å²) in [5.74, 6) is -1.28. The highest BCUT2D eigenvalue weighted by Crippen LogP contribution is 2.04. The quantitative estimate of drug-likeness (QED) is 0.657. The van der Waals surface area contributed by atoms with E-state index in [0.717, 1.165) is 0 Å². The molecule has 1 atom stereocenters. The second-order valence-corrected chi connectivity index (χ2v) is 3.28. The molecule has 6 nitrogen and oxygen atoms in total. The molecule has 0 aliphatic carbocycles. The van der Waals surface area contributed by atoms with Crippen molar-refractivity contribution < 1.29 is 14.7 Å². The van der Waals surface area contributed by atoms with Gasteiger partial charge in [-0.05, 0) is 12.5 Å². The van der Waals surface area contributed by atoms with Gasteiger partial charge in [0.2, 0.25) is 0 Å². The number of hydrogen-bond donors (Lipinski definition) is 2. The first-order chi connectivity index (χ1) is 7.00. The van der Waals surface area contributed by atoms with Crippen LogP contribution in [0.3, 0.4) is 0 Å². The third kappa shape index (κ3) is 3.17. The molecule has 1 heterocycles. The summed E-state index contributed by atoms with van der Waals surface area (Å²) in [4.78, 5) is 21.9. The molecule has 1 aromatic heterocycles. The number of carbonyl (C=O) groups excluding carboxylic acids is 1. The fourth-order valence-corrected chi connectivity index (χ4v) is 1.10. The number of aryl methyl sites for hydroxylation is 1. The Bertz CT molecular complexity index is 372. The lowest BCUT2D eigenvalue weighted by atomic mass is 10.1. The van der Waals surface area contributed by atoms with Crippen molar-refractivity contribution in [3.05, 3.63) is 18.0 Å². The van der Waals surface area contributed by atoms with Crippen LogP contribution in [0.1, 0.15) is 23.3 Å². The summed E-state index contributed by atoms with van der Waals surface area (Å²) in [7, 11) is 1.71. The van der Waals surface area contributed by atoms with Crippen molar-refractivity contribution in [2.75, 3.05) is 0 Å². The van der Waals surface area contributed by atoms with E-state index in [1.807, 2.05) is 0 Å². The second-order valence-electron chi connectivity index (χ2n) is 3.28. The SMILES string of the molecule is Cn1ccc(C(=O)CC[C@H](N)C(=O)O)n1. The highest BCUT2D eigenvalue weighted by Gasteiger charge is 2.15. The average molecular weight is 211 g/mol. The molecule has 0 aromatic carbocycles. The Labute approximate surface area is 86.7 Å². The monoisotopic (exact) mass is 211 g/mol. The zero-order valence-corrected chi connectivity index (χ0v) is 8.38. The largest absolute Gasteiger partial charge is 0.480 e. The van der Waals surface area contributed by atoms with E-state index in [9.17, 15) is 9.59 Å². The van der Waals surface area contributed by atoms with Gasteiger partial charge < -0.3 is 10.8 Å². The van der Waals surface area contributed by atoms with E-state index in [1.165, 1.54) is 4.68 Å². The Morgan fingerprint density at radius 2 is 2.33 bits per heavy atom. The summed E-state index contributed by atoms with van der Waals surface area (Å²) in [6.07, 6.45) is 1.89. The van der Waals surface area contributed by atoms with Crippen LogP contribution < -0.4 is 5.73 Å². The van der Waals surface area contributed by atoms with E-state index in [1.54, 1.807) is 19.3 Å². The van der Waals surface area contributed by atoms with Crippen molar-refractivity contribution in [2.45, 2.75) is 18.9 Å². The van der Waals surface area contributed by atoms with Crippen LogP contribution in [-0.2, 0) is 11.8 Å². The topological polar surface area (TPSA) is 98.2 Å². The summed E-state index contributed by atoms with van der Waals surface area (Å²) < 4.78 is 1.52. The lowest BCUT2D eigenvalue weighted by Gasteiger charge is -2.03. The van der Waals surface area contributed by atoms with Gasteiger partial charge in [0.15, 0.2) is 5.78 Å². The van der Waals surface area contributed by atoms with Crippen LogP contribution in [0.2, 0.25) is 0 Å². The molecule has 0 aliphatic heterocycles. The van der Waals surface area contributed by atoms with Gasteiger partial charge in [0.05, 0.1) is 0 Å². The number of hydrogen-bond acceptors (Lipinski definition) is 4. The number of ketones is 1. The predicted octanol–water partition coefficient (Wildman–Crippen LogP) is -0.205. The second kappa shape index (κ2) is 4.70. The van der Waals surface area contributed by atoms with Gasteiger partial charge in [-0.3, -0.25) is 14.3 Å². The standard InChI is InChI=1S/C9H13N3O3/c1-12-5-4-7(11-12)8(13)3-2-6(10)9(14)15/h4-6H,2-3,10H2,1H3,(H,14,15)/t6-/m0/s1. The molecule has 82 valence electrons. The molecule has 0 bridgehead atoms. The fraction of sp³-hybridized carbons (Fsp3) is 0.444. The van der Waals surface area contributed by atoms with Gasteiger partial charge in [-0.1, -0.05) is 0 Å². The normalized spacial score (nSPS) is 12.4. The van der Waals surface area contributed by atoms with Gasteiger partial charge in [-0.15, -0.1) is 0 Å². The van der Waals surface area contributed by atoms with Crippen LogP contribution >= 0.6 is 0 Å². The van der Waals surface area contributed by atoms with Gasteiger partial charge in [-0.25, -0.2) is 0 Å². The van der Waals surface area contributed by atoms with Crippen LogP contribution in [0.5, 0.6) is 0 Å². The molecule has 0 amide bonds. The van der Waals surface area contributed by atoms with Crippen LogP contribution in [0.25, 0.3) is 0 Å². The van der Waals surface area contributed by atoms with Crippen molar-refractivity contribution >= 4 is 11.8 Å². The zero-order chi connectivity index (χ0) is 11.4. The van der Waals surface area contributed by atoms with E-state index in [-0.39, 0.29) is 18.6 Å². The molecule has 3 N–H and O–H groups in total. The van der Waals surface area contributed by atoms with Gasteiger partial charge in [0.25, 0.3) is 0 Å². The number of carboxylic acid groups (broad SMARTS) is 1. The lowest BCUT2D eigenvalue weighted by molar-refractivity contribution is -0.138. The molecule has 6 heteroatoms. The predicted molar refractivity (Wildman–Crippen MR) is 52.4 cm³/mol. The van der Waals surface area contributed by atoms with E-state index in [2.05, 4.69) is 5.10 Å². The molecule has 15 heavy (non-hydrogen) atoms. The summed E-state index contributed by atoms with van der Waals surface area (Å²) in [6, 6.07) is 0.604. The smallest absolute Gasteiger partial charge is 0.320 e. The first kappa shape index (κ1) is 11.4. The van der Waals surface area contributed by atoms with Crippen LogP contribution in [0.15, 0.2) is 12.3 Å². The molecule has 0 saturated heterocycles. The molecule has 0 saturated carbocycles. The molecule has 1 aromatic rings. The van der Waals surface area contributed by atoms with Crippen molar-refractivity contribution in [1.29, 1.82) is 0 Å². The Morgan fingerprint density at radius 1 is 1.67 bits per heavy atom. The van der Waals surface area contributed by atoms with E-state index < -0.39 is 12.0 Å². The Balaban J connectivity index is 2.47. The number of carboxylic acids is 1. The van der Waals surface area contributed by atoms with Crippen LogP contribution in [0.4, 0.5) is 0 Å². The van der Waals surface area contributed by atoms with Crippen LogP contribution in [-0.4, -0.2) is 32.7 Å². The molecule has 0 aliphatic rings. The van der Waals surface area contributed by atoms with Crippen molar-refractivity contribution in [3.8, 4) is 0 Å². The summed E-state index contributed by atoms with van der Waals surface area (Å²) in [5, 5.41) is 12.4. The minimum absolute atomic E-state index is 0.102. The molecule has 0 spiro atoms. The van der Waals surface area contributed by atoms with Crippen molar-refractivity contribution in [3.63, 3.8) is 0 Å². The maximum Gasteiger partial charge on any atom is 0.320 e. The number of nitrogens with zero attached hydrogens (tertiary/aromatic N) is 2. The minimum Gasteiger partial charge on any atom is -0.480 e. The molecule has 0 unspecified atom stereocenters. The Morgan fingerprint density at radius 3 is 2.80 bits per heavy atom. The maximum atomic E-state index is 11.5. The van der Waals surface area contributed by atoms with E-state index in [0.29, 0.717) is 5.69 Å². The third-order valence-corrected chi connectivity index (χ3v) is 2.00. The molecule has 1 rings (SSSR count). The number of aromatic nitrogens is 2. The molecular weight excluding hydrogens is 198 g/mol. The highest BCUT2D eigenvalue weighted by molar-refractivity contribution is 5.94. The summed E-state index contributed by atoms with van der Waals surface area (Å²) in [6.45, 7) is 0. The third-order valence-electron chi connectivity index (χ3n) is 2.00. The number of rotatable bonds is 5. The summed E-state index contributed by atoms with van der Waals surface area (Å²) >= 11 is 0. The zero-order valence-electron chi connectivity index (χ0n) is 8.38. The van der Waals surface area contributed by atoms with E-state index in [4.69, 9.17) is 10.8 Å². The Kier molecular flexibility index (Phi) is 3.56. The van der Waals surface area contributed by atoms with Gasteiger partial charge in [-0.2, -0.15) is 5.10 Å². The molecule has 0 radical (unpaired) electrons. The number of carbonyl (C=O) groups is 2. The van der Waals surface area contributed by atoms with Crippen molar-refractivity contribution in [2.24, 2.45) is 12.8 Å². The Hall–Kier alpha value is -1.69. The molecule has 0 fully saturated rings. The first-order valence-corrected chi connectivity index (χ1v) is 4.52. The first-order valence-electron chi connectivity index (χ1n) is 4.52. The maximum absolute atomic E-state index is 11.5. The number of aliphatic carboxylic acids is 1. The number of Topliss-reactive ketones (excluding diaryl/α,β-unsaturated/α-hetero) is 1.